The standard InChI is InChI=1S/C13H18BrN/c1-3-15-13(10-5-6-10)12-8-11(14)7-4-9(12)2/h4,7-8,10,13,15H,3,5-6H2,1-2H3. The predicted molar refractivity (Wildman–Crippen MR) is 68.0 cm³/mol. The van der Waals surface area contributed by atoms with Crippen molar-refractivity contribution in [3.63, 3.8) is 0 Å². The third kappa shape index (κ3) is 2.61. The Labute approximate surface area is 100 Å². The number of hydrogen-bond donors (Lipinski definition) is 1. The van der Waals surface area contributed by atoms with Gasteiger partial charge in [0.25, 0.3) is 0 Å². The lowest BCUT2D eigenvalue weighted by Crippen LogP contribution is -2.23. The molecule has 0 aromatic heterocycles. The predicted octanol–water partition coefficient (Wildman–Crippen LogP) is 3.82. The van der Waals surface area contributed by atoms with Gasteiger partial charge in [-0.25, -0.2) is 0 Å². The summed E-state index contributed by atoms with van der Waals surface area (Å²) in [5.74, 6) is 0.859. The molecule has 1 nitrogen and oxygen atoms in total. The minimum Gasteiger partial charge on any atom is -0.310 e. The normalized spacial score (nSPS) is 17.8. The van der Waals surface area contributed by atoms with E-state index in [1.54, 1.807) is 0 Å². The van der Waals surface area contributed by atoms with Gasteiger partial charge in [-0.05, 0) is 55.5 Å². The first-order valence-electron chi connectivity index (χ1n) is 5.71. The zero-order valence-corrected chi connectivity index (χ0v) is 11.0. The van der Waals surface area contributed by atoms with E-state index in [1.165, 1.54) is 28.4 Å². The summed E-state index contributed by atoms with van der Waals surface area (Å²) in [6.45, 7) is 5.43. The first-order valence-corrected chi connectivity index (χ1v) is 6.51. The molecule has 0 saturated heterocycles. The van der Waals surface area contributed by atoms with Gasteiger partial charge in [-0.1, -0.05) is 28.9 Å². The quantitative estimate of drug-likeness (QED) is 0.875. The fourth-order valence-corrected chi connectivity index (χ4v) is 2.51. The van der Waals surface area contributed by atoms with Crippen LogP contribution in [0.5, 0.6) is 0 Å². The van der Waals surface area contributed by atoms with Gasteiger partial charge in [0.15, 0.2) is 0 Å². The minimum atomic E-state index is 0.562. The summed E-state index contributed by atoms with van der Waals surface area (Å²) in [5, 5.41) is 3.61. The average Bonchev–Trinajstić information content (AvgIpc) is 3.02. The van der Waals surface area contributed by atoms with E-state index in [2.05, 4.69) is 53.3 Å². The molecule has 0 aliphatic heterocycles. The Morgan fingerprint density at radius 3 is 2.80 bits per heavy atom. The molecule has 2 rings (SSSR count). The van der Waals surface area contributed by atoms with Crippen LogP contribution in [0.25, 0.3) is 0 Å². The summed E-state index contributed by atoms with van der Waals surface area (Å²) in [7, 11) is 0. The molecular formula is C13H18BrN. The molecule has 1 atom stereocenters. The first kappa shape index (κ1) is 11.2. The Morgan fingerprint density at radius 1 is 1.47 bits per heavy atom. The van der Waals surface area contributed by atoms with Crippen LogP contribution in [-0.4, -0.2) is 6.54 Å². The third-order valence-corrected chi connectivity index (χ3v) is 3.59. The highest BCUT2D eigenvalue weighted by Gasteiger charge is 2.32. The molecule has 1 fully saturated rings. The fourth-order valence-electron chi connectivity index (χ4n) is 2.13. The smallest absolute Gasteiger partial charge is 0.0351 e. The first-order chi connectivity index (χ1) is 7.22. The van der Waals surface area contributed by atoms with E-state index in [0.717, 1.165) is 12.5 Å². The molecule has 0 bridgehead atoms. The Hall–Kier alpha value is -0.340. The van der Waals surface area contributed by atoms with Crippen molar-refractivity contribution in [1.82, 2.24) is 5.32 Å². The van der Waals surface area contributed by atoms with Crippen molar-refractivity contribution < 1.29 is 0 Å². The van der Waals surface area contributed by atoms with Gasteiger partial charge in [0.2, 0.25) is 0 Å². The maximum absolute atomic E-state index is 3.61. The number of benzene rings is 1. The van der Waals surface area contributed by atoms with Crippen molar-refractivity contribution in [2.24, 2.45) is 5.92 Å². The summed E-state index contributed by atoms with van der Waals surface area (Å²) in [5.41, 5.74) is 2.87. The van der Waals surface area contributed by atoms with Crippen molar-refractivity contribution in [2.75, 3.05) is 6.54 Å². The van der Waals surface area contributed by atoms with Crippen LogP contribution in [0, 0.1) is 12.8 Å². The molecule has 0 spiro atoms. The third-order valence-electron chi connectivity index (χ3n) is 3.09. The Kier molecular flexibility index (Phi) is 3.47. The van der Waals surface area contributed by atoms with Crippen LogP contribution >= 0.6 is 15.9 Å². The molecule has 1 aliphatic rings. The molecule has 1 N–H and O–H groups in total. The van der Waals surface area contributed by atoms with E-state index in [0.29, 0.717) is 6.04 Å². The van der Waals surface area contributed by atoms with Gasteiger partial charge < -0.3 is 5.32 Å². The molecule has 0 amide bonds. The van der Waals surface area contributed by atoms with Gasteiger partial charge in [-0.3, -0.25) is 0 Å². The van der Waals surface area contributed by atoms with Crippen molar-refractivity contribution in [3.05, 3.63) is 33.8 Å². The zero-order chi connectivity index (χ0) is 10.8. The molecule has 1 saturated carbocycles. The van der Waals surface area contributed by atoms with Crippen LogP contribution in [0.2, 0.25) is 0 Å². The van der Waals surface area contributed by atoms with E-state index >= 15 is 0 Å². The summed E-state index contributed by atoms with van der Waals surface area (Å²) in [6.07, 6.45) is 2.76. The molecule has 1 unspecified atom stereocenters. The molecule has 1 aromatic carbocycles. The number of hydrogen-bond acceptors (Lipinski definition) is 1. The molecule has 0 radical (unpaired) electrons. The van der Waals surface area contributed by atoms with Crippen molar-refractivity contribution in [1.29, 1.82) is 0 Å². The van der Waals surface area contributed by atoms with Gasteiger partial charge in [-0.15, -0.1) is 0 Å². The van der Waals surface area contributed by atoms with Crippen LogP contribution in [-0.2, 0) is 0 Å². The molecule has 2 heteroatoms. The lowest BCUT2D eigenvalue weighted by molar-refractivity contribution is 0.494. The zero-order valence-electron chi connectivity index (χ0n) is 9.39. The minimum absolute atomic E-state index is 0.562. The van der Waals surface area contributed by atoms with Crippen LogP contribution < -0.4 is 5.32 Å². The second kappa shape index (κ2) is 4.67. The molecule has 15 heavy (non-hydrogen) atoms. The topological polar surface area (TPSA) is 12.0 Å². The molecular weight excluding hydrogens is 250 g/mol. The van der Waals surface area contributed by atoms with E-state index in [9.17, 15) is 0 Å². The van der Waals surface area contributed by atoms with E-state index in [4.69, 9.17) is 0 Å². The Morgan fingerprint density at radius 2 is 2.20 bits per heavy atom. The maximum Gasteiger partial charge on any atom is 0.0351 e. The highest BCUT2D eigenvalue weighted by molar-refractivity contribution is 9.10. The summed E-state index contributed by atoms with van der Waals surface area (Å²) < 4.78 is 1.19. The fraction of sp³-hybridized carbons (Fsp3) is 0.538. The van der Waals surface area contributed by atoms with Crippen molar-refractivity contribution in [3.8, 4) is 0 Å². The van der Waals surface area contributed by atoms with Crippen LogP contribution in [0.15, 0.2) is 22.7 Å². The van der Waals surface area contributed by atoms with Gasteiger partial charge in [0.1, 0.15) is 0 Å². The van der Waals surface area contributed by atoms with E-state index in [-0.39, 0.29) is 0 Å². The maximum atomic E-state index is 3.61. The van der Waals surface area contributed by atoms with Crippen LogP contribution in [0.3, 0.4) is 0 Å². The SMILES string of the molecule is CCNC(c1cc(Br)ccc1C)C1CC1. The van der Waals surface area contributed by atoms with Crippen molar-refractivity contribution >= 4 is 15.9 Å². The lowest BCUT2D eigenvalue weighted by atomic mass is 9.98. The summed E-state index contributed by atoms with van der Waals surface area (Å²) in [6, 6.07) is 7.15. The Bertz CT molecular complexity index is 344. The van der Waals surface area contributed by atoms with Gasteiger partial charge in [-0.2, -0.15) is 0 Å². The van der Waals surface area contributed by atoms with Crippen molar-refractivity contribution in [2.45, 2.75) is 32.7 Å². The van der Waals surface area contributed by atoms with Crippen LogP contribution in [0.1, 0.15) is 36.9 Å². The largest absolute Gasteiger partial charge is 0.310 e. The second-order valence-corrected chi connectivity index (χ2v) is 5.29. The highest BCUT2D eigenvalue weighted by Crippen LogP contribution is 2.42. The summed E-state index contributed by atoms with van der Waals surface area (Å²) >= 11 is 3.56. The highest BCUT2D eigenvalue weighted by atomic mass is 79.9. The molecule has 1 aliphatic carbocycles. The van der Waals surface area contributed by atoms with E-state index in [1.807, 2.05) is 0 Å². The van der Waals surface area contributed by atoms with E-state index < -0.39 is 0 Å². The molecule has 0 heterocycles. The molecule has 82 valence electrons. The average molecular weight is 268 g/mol. The summed E-state index contributed by atoms with van der Waals surface area (Å²) in [4.78, 5) is 0. The van der Waals surface area contributed by atoms with Gasteiger partial charge in [0, 0.05) is 10.5 Å². The number of nitrogens with one attached hydrogen (secondary N) is 1. The second-order valence-electron chi connectivity index (χ2n) is 4.37. The Balaban J connectivity index is 2.27. The lowest BCUT2D eigenvalue weighted by Gasteiger charge is -2.20. The number of aryl methyl sites for hydroxylation is 1. The van der Waals surface area contributed by atoms with Crippen LogP contribution in [0.4, 0.5) is 0 Å². The monoisotopic (exact) mass is 267 g/mol. The molecule has 1 aromatic rings. The number of rotatable bonds is 4. The van der Waals surface area contributed by atoms with Gasteiger partial charge in [0.05, 0.1) is 0 Å². The number of halogens is 1. The van der Waals surface area contributed by atoms with Gasteiger partial charge >= 0.3 is 0 Å².